The van der Waals surface area contributed by atoms with E-state index in [1.165, 1.54) is 12.4 Å². The third-order valence-electron chi connectivity index (χ3n) is 4.33. The van der Waals surface area contributed by atoms with Crippen LogP contribution in [0.15, 0.2) is 54.9 Å². The summed E-state index contributed by atoms with van der Waals surface area (Å²) >= 11 is 0. The van der Waals surface area contributed by atoms with Gasteiger partial charge in [-0.2, -0.15) is 5.26 Å². The van der Waals surface area contributed by atoms with E-state index in [2.05, 4.69) is 40.5 Å². The van der Waals surface area contributed by atoms with E-state index in [1.807, 2.05) is 31.2 Å². The Hall–Kier alpha value is -3.72. The van der Waals surface area contributed by atoms with Crippen LogP contribution in [0.5, 0.6) is 0 Å². The average Bonchev–Trinajstić information content (AvgIpc) is 2.70. The van der Waals surface area contributed by atoms with E-state index >= 15 is 0 Å². The van der Waals surface area contributed by atoms with Crippen LogP contribution in [0.2, 0.25) is 0 Å². The predicted molar refractivity (Wildman–Crippen MR) is 110 cm³/mol. The van der Waals surface area contributed by atoms with Gasteiger partial charge in [0, 0.05) is 23.8 Å². The smallest absolute Gasteiger partial charge is 0.258 e. The van der Waals surface area contributed by atoms with E-state index < -0.39 is 0 Å². The fourth-order valence-electron chi connectivity index (χ4n) is 2.83. The summed E-state index contributed by atoms with van der Waals surface area (Å²) in [7, 11) is 0. The largest absolute Gasteiger partial charge is 0.324 e. The predicted octanol–water partition coefficient (Wildman–Crippen LogP) is 4.78. The zero-order valence-electron chi connectivity index (χ0n) is 16.0. The lowest BCUT2D eigenvalue weighted by Gasteiger charge is -2.16. The summed E-state index contributed by atoms with van der Waals surface area (Å²) in [6, 6.07) is 15.1. The van der Waals surface area contributed by atoms with Crippen LogP contribution in [0, 0.1) is 18.3 Å². The van der Waals surface area contributed by atoms with E-state index in [9.17, 15) is 4.79 Å². The lowest BCUT2D eigenvalue weighted by atomic mass is 9.98. The standard InChI is InChI=1S/C22H21N5O/c1-14(2)19-9-4-6-15(3)20(19)27-21(28)17-12-24-22(25-13-17)26-18-8-5-7-16(10-18)11-23/h4-10,12-14H,1-3H3,(H,27,28)(H,24,25,26). The van der Waals surface area contributed by atoms with Crippen molar-refractivity contribution in [1.82, 2.24) is 9.97 Å². The molecule has 1 aromatic heterocycles. The van der Waals surface area contributed by atoms with E-state index in [0.29, 0.717) is 28.7 Å². The van der Waals surface area contributed by atoms with Crippen LogP contribution in [0.3, 0.4) is 0 Å². The number of aryl methyl sites for hydroxylation is 1. The maximum absolute atomic E-state index is 12.6. The Morgan fingerprint density at radius 2 is 1.82 bits per heavy atom. The molecule has 1 amide bonds. The van der Waals surface area contributed by atoms with Crippen molar-refractivity contribution in [2.45, 2.75) is 26.7 Å². The number of hydrogen-bond donors (Lipinski definition) is 2. The van der Waals surface area contributed by atoms with Crippen molar-refractivity contribution in [3.63, 3.8) is 0 Å². The Balaban J connectivity index is 1.75. The van der Waals surface area contributed by atoms with E-state index in [0.717, 1.165) is 16.8 Å². The highest BCUT2D eigenvalue weighted by atomic mass is 16.1. The summed E-state index contributed by atoms with van der Waals surface area (Å²) in [4.78, 5) is 21.1. The number of benzene rings is 2. The molecule has 0 saturated heterocycles. The number of aromatic nitrogens is 2. The summed E-state index contributed by atoms with van der Waals surface area (Å²) in [5, 5.41) is 15.0. The molecule has 0 aliphatic heterocycles. The third kappa shape index (κ3) is 4.33. The fraction of sp³-hybridized carbons (Fsp3) is 0.182. The second-order valence-electron chi connectivity index (χ2n) is 6.76. The molecular formula is C22H21N5O. The Labute approximate surface area is 164 Å². The van der Waals surface area contributed by atoms with Crippen LogP contribution in [0.25, 0.3) is 0 Å². The normalized spacial score (nSPS) is 10.4. The van der Waals surface area contributed by atoms with Crippen LogP contribution < -0.4 is 10.6 Å². The molecule has 0 atom stereocenters. The molecule has 6 nitrogen and oxygen atoms in total. The Morgan fingerprint density at radius 1 is 1.11 bits per heavy atom. The first-order valence-corrected chi connectivity index (χ1v) is 8.98. The molecule has 3 aromatic rings. The van der Waals surface area contributed by atoms with Gasteiger partial charge in [-0.3, -0.25) is 4.79 Å². The lowest BCUT2D eigenvalue weighted by molar-refractivity contribution is 0.102. The van der Waals surface area contributed by atoms with E-state index in [-0.39, 0.29) is 5.91 Å². The fourth-order valence-corrected chi connectivity index (χ4v) is 2.83. The minimum atomic E-state index is -0.255. The van der Waals surface area contributed by atoms with E-state index in [4.69, 9.17) is 5.26 Å². The number of hydrogen-bond acceptors (Lipinski definition) is 5. The number of nitrogens with zero attached hydrogens (tertiary/aromatic N) is 3. The van der Waals surface area contributed by atoms with Gasteiger partial charge in [-0.1, -0.05) is 38.1 Å². The van der Waals surface area contributed by atoms with Gasteiger partial charge in [0.15, 0.2) is 0 Å². The summed E-state index contributed by atoms with van der Waals surface area (Å²) in [6.45, 7) is 6.16. The Kier molecular flexibility index (Phi) is 5.66. The molecule has 0 fully saturated rings. The molecule has 0 aliphatic carbocycles. The second-order valence-corrected chi connectivity index (χ2v) is 6.76. The average molecular weight is 371 g/mol. The molecule has 0 unspecified atom stereocenters. The second kappa shape index (κ2) is 8.31. The van der Waals surface area contributed by atoms with Crippen molar-refractivity contribution in [2.75, 3.05) is 10.6 Å². The van der Waals surface area contributed by atoms with Gasteiger partial charge in [0.05, 0.1) is 17.2 Å². The maximum Gasteiger partial charge on any atom is 0.258 e. The topological polar surface area (TPSA) is 90.7 Å². The molecule has 140 valence electrons. The van der Waals surface area contributed by atoms with Crippen LogP contribution in [0.1, 0.15) is 46.8 Å². The molecular weight excluding hydrogens is 350 g/mol. The molecule has 3 rings (SSSR count). The molecule has 0 aliphatic rings. The van der Waals surface area contributed by atoms with Gasteiger partial charge in [-0.25, -0.2) is 9.97 Å². The maximum atomic E-state index is 12.6. The van der Waals surface area contributed by atoms with Crippen molar-refractivity contribution in [3.05, 3.63) is 77.1 Å². The molecule has 1 heterocycles. The van der Waals surface area contributed by atoms with Crippen molar-refractivity contribution < 1.29 is 4.79 Å². The molecule has 28 heavy (non-hydrogen) atoms. The first-order chi connectivity index (χ1) is 13.5. The van der Waals surface area contributed by atoms with Crippen LogP contribution in [0.4, 0.5) is 17.3 Å². The minimum absolute atomic E-state index is 0.255. The zero-order valence-corrected chi connectivity index (χ0v) is 16.0. The van der Waals surface area contributed by atoms with Gasteiger partial charge >= 0.3 is 0 Å². The number of rotatable bonds is 5. The Morgan fingerprint density at radius 3 is 2.50 bits per heavy atom. The number of nitriles is 1. The molecule has 2 aromatic carbocycles. The first-order valence-electron chi connectivity index (χ1n) is 8.98. The highest BCUT2D eigenvalue weighted by Crippen LogP contribution is 2.27. The molecule has 2 N–H and O–H groups in total. The highest BCUT2D eigenvalue weighted by Gasteiger charge is 2.14. The Bertz CT molecular complexity index is 1040. The third-order valence-corrected chi connectivity index (χ3v) is 4.33. The molecule has 0 bridgehead atoms. The number of carbonyl (C=O) groups is 1. The van der Waals surface area contributed by atoms with E-state index in [1.54, 1.807) is 18.2 Å². The van der Waals surface area contributed by atoms with Gasteiger partial charge in [0.2, 0.25) is 5.95 Å². The lowest BCUT2D eigenvalue weighted by Crippen LogP contribution is -2.15. The number of carbonyl (C=O) groups excluding carboxylic acids is 1. The zero-order chi connectivity index (χ0) is 20.1. The molecule has 6 heteroatoms. The quantitative estimate of drug-likeness (QED) is 0.674. The first kappa shape index (κ1) is 19.1. The van der Waals surface area contributed by atoms with Crippen LogP contribution in [-0.4, -0.2) is 15.9 Å². The molecule has 0 spiro atoms. The van der Waals surface area contributed by atoms with Crippen molar-refractivity contribution in [3.8, 4) is 6.07 Å². The minimum Gasteiger partial charge on any atom is -0.324 e. The van der Waals surface area contributed by atoms with Crippen LogP contribution >= 0.6 is 0 Å². The number of para-hydroxylation sites is 1. The van der Waals surface area contributed by atoms with Crippen LogP contribution in [-0.2, 0) is 0 Å². The van der Waals surface area contributed by atoms with Gasteiger partial charge in [-0.15, -0.1) is 0 Å². The molecule has 0 radical (unpaired) electrons. The summed E-state index contributed by atoms with van der Waals surface area (Å²) in [5.74, 6) is 0.391. The van der Waals surface area contributed by atoms with Gasteiger partial charge in [0.25, 0.3) is 5.91 Å². The van der Waals surface area contributed by atoms with Crippen molar-refractivity contribution in [1.29, 1.82) is 5.26 Å². The van der Waals surface area contributed by atoms with Gasteiger partial charge in [0.1, 0.15) is 0 Å². The summed E-state index contributed by atoms with van der Waals surface area (Å²) in [5.41, 5.74) is 4.55. The summed E-state index contributed by atoms with van der Waals surface area (Å²) < 4.78 is 0. The number of anilines is 3. The number of amides is 1. The number of nitrogens with one attached hydrogen (secondary N) is 2. The molecule has 0 saturated carbocycles. The van der Waals surface area contributed by atoms with Gasteiger partial charge in [-0.05, 0) is 42.2 Å². The van der Waals surface area contributed by atoms with Gasteiger partial charge < -0.3 is 10.6 Å². The monoisotopic (exact) mass is 371 g/mol. The summed E-state index contributed by atoms with van der Waals surface area (Å²) in [6.07, 6.45) is 2.96. The highest BCUT2D eigenvalue weighted by molar-refractivity contribution is 6.04. The van der Waals surface area contributed by atoms with Crippen molar-refractivity contribution in [2.24, 2.45) is 0 Å². The van der Waals surface area contributed by atoms with Crippen molar-refractivity contribution >= 4 is 23.2 Å². The SMILES string of the molecule is Cc1cccc(C(C)C)c1NC(=O)c1cnc(Nc2cccc(C#N)c2)nc1.